The molecule has 0 bridgehead atoms. The predicted octanol–water partition coefficient (Wildman–Crippen LogP) is 2.13. The summed E-state index contributed by atoms with van der Waals surface area (Å²) in [7, 11) is 0. The highest BCUT2D eigenvalue weighted by Crippen LogP contribution is 2.11. The van der Waals surface area contributed by atoms with Gasteiger partial charge in [-0.25, -0.2) is 8.78 Å². The summed E-state index contributed by atoms with van der Waals surface area (Å²) in [6.07, 6.45) is 0.530. The van der Waals surface area contributed by atoms with E-state index < -0.39 is 11.6 Å². The van der Waals surface area contributed by atoms with Crippen molar-refractivity contribution in [2.24, 2.45) is 0 Å². The van der Waals surface area contributed by atoms with Crippen LogP contribution in [0.2, 0.25) is 0 Å². The number of aliphatic hydroxyl groups excluding tert-OH is 1. The highest BCUT2D eigenvalue weighted by molar-refractivity contribution is 5.79. The molecule has 0 aliphatic rings. The van der Waals surface area contributed by atoms with E-state index in [1.165, 1.54) is 6.07 Å². The Balaban J connectivity index is 2.72. The first-order valence-electron chi connectivity index (χ1n) is 6.30. The van der Waals surface area contributed by atoms with E-state index in [0.717, 1.165) is 12.1 Å². The third kappa shape index (κ3) is 4.59. The lowest BCUT2D eigenvalue weighted by molar-refractivity contribution is -0.132. The van der Waals surface area contributed by atoms with Crippen LogP contribution in [0, 0.1) is 11.6 Å². The number of benzene rings is 1. The summed E-state index contributed by atoms with van der Waals surface area (Å²) in [5.74, 6) is -2.02. The second kappa shape index (κ2) is 7.19. The van der Waals surface area contributed by atoms with Gasteiger partial charge in [-0.05, 0) is 38.0 Å². The van der Waals surface area contributed by atoms with Crippen molar-refractivity contribution < 1.29 is 18.7 Å². The number of halogens is 2. The number of carbonyl (C=O) groups excluding carboxylic acids is 1. The molecule has 0 atom stereocenters. The van der Waals surface area contributed by atoms with Crippen molar-refractivity contribution in [3.63, 3.8) is 0 Å². The second-order valence-corrected chi connectivity index (χ2v) is 4.68. The van der Waals surface area contributed by atoms with Crippen LogP contribution in [0.1, 0.15) is 25.8 Å². The van der Waals surface area contributed by atoms with Crippen LogP contribution in [0.4, 0.5) is 8.78 Å². The van der Waals surface area contributed by atoms with E-state index in [9.17, 15) is 13.6 Å². The standard InChI is InChI=1S/C14H19F2NO2/c1-10(2)17(6-3-7-18)14(19)9-11-4-5-12(15)13(16)8-11/h4-5,8,10,18H,3,6-7,9H2,1-2H3. The molecule has 0 heterocycles. The predicted molar refractivity (Wildman–Crippen MR) is 68.6 cm³/mol. The van der Waals surface area contributed by atoms with E-state index in [1.807, 2.05) is 13.8 Å². The Bertz CT molecular complexity index is 435. The molecule has 0 saturated heterocycles. The van der Waals surface area contributed by atoms with E-state index in [1.54, 1.807) is 4.90 Å². The molecule has 1 N–H and O–H groups in total. The summed E-state index contributed by atoms with van der Waals surface area (Å²) in [6.45, 7) is 4.22. The van der Waals surface area contributed by atoms with Crippen LogP contribution in [0.5, 0.6) is 0 Å². The van der Waals surface area contributed by atoms with Crippen molar-refractivity contribution in [2.75, 3.05) is 13.2 Å². The summed E-state index contributed by atoms with van der Waals surface area (Å²) < 4.78 is 25.9. The summed E-state index contributed by atoms with van der Waals surface area (Å²) in [4.78, 5) is 13.7. The van der Waals surface area contributed by atoms with E-state index in [4.69, 9.17) is 5.11 Å². The molecule has 1 rings (SSSR count). The van der Waals surface area contributed by atoms with Crippen molar-refractivity contribution in [3.05, 3.63) is 35.4 Å². The molecule has 1 amide bonds. The van der Waals surface area contributed by atoms with Gasteiger partial charge in [0.2, 0.25) is 5.91 Å². The molecule has 0 unspecified atom stereocenters. The second-order valence-electron chi connectivity index (χ2n) is 4.68. The Kier molecular flexibility index (Phi) is 5.89. The van der Waals surface area contributed by atoms with Gasteiger partial charge < -0.3 is 10.0 Å². The lowest BCUT2D eigenvalue weighted by Gasteiger charge is -2.26. The Morgan fingerprint density at radius 3 is 2.53 bits per heavy atom. The van der Waals surface area contributed by atoms with Crippen LogP contribution in [0.3, 0.4) is 0 Å². The van der Waals surface area contributed by atoms with E-state index >= 15 is 0 Å². The Hall–Kier alpha value is -1.49. The normalized spacial score (nSPS) is 10.8. The molecule has 1 aromatic rings. The van der Waals surface area contributed by atoms with Crippen molar-refractivity contribution in [3.8, 4) is 0 Å². The van der Waals surface area contributed by atoms with Gasteiger partial charge in [-0.3, -0.25) is 4.79 Å². The van der Waals surface area contributed by atoms with Gasteiger partial charge in [-0.1, -0.05) is 6.07 Å². The average molecular weight is 271 g/mol. The van der Waals surface area contributed by atoms with Gasteiger partial charge in [0, 0.05) is 19.2 Å². The summed E-state index contributed by atoms with van der Waals surface area (Å²) in [6, 6.07) is 3.47. The average Bonchev–Trinajstić information content (AvgIpc) is 2.34. The molecular weight excluding hydrogens is 252 g/mol. The lowest BCUT2D eigenvalue weighted by atomic mass is 10.1. The van der Waals surface area contributed by atoms with Gasteiger partial charge in [0.1, 0.15) is 0 Å². The largest absolute Gasteiger partial charge is 0.396 e. The minimum absolute atomic E-state index is 0.00402. The molecule has 106 valence electrons. The highest BCUT2D eigenvalue weighted by Gasteiger charge is 2.17. The van der Waals surface area contributed by atoms with Crippen molar-refractivity contribution in [1.82, 2.24) is 4.90 Å². The molecule has 3 nitrogen and oxygen atoms in total. The number of rotatable bonds is 6. The van der Waals surface area contributed by atoms with Gasteiger partial charge in [-0.2, -0.15) is 0 Å². The maximum absolute atomic E-state index is 13.1. The quantitative estimate of drug-likeness (QED) is 0.861. The zero-order valence-corrected chi connectivity index (χ0v) is 11.2. The van der Waals surface area contributed by atoms with E-state index in [2.05, 4.69) is 0 Å². The number of hydrogen-bond acceptors (Lipinski definition) is 2. The van der Waals surface area contributed by atoms with Gasteiger partial charge in [0.05, 0.1) is 6.42 Å². The molecule has 1 aromatic carbocycles. The number of amides is 1. The van der Waals surface area contributed by atoms with Crippen molar-refractivity contribution in [2.45, 2.75) is 32.7 Å². The van der Waals surface area contributed by atoms with Crippen molar-refractivity contribution >= 4 is 5.91 Å². The van der Waals surface area contributed by atoms with Crippen molar-refractivity contribution in [1.29, 1.82) is 0 Å². The van der Waals surface area contributed by atoms with Crippen LogP contribution in [0.25, 0.3) is 0 Å². The molecule has 0 aromatic heterocycles. The van der Waals surface area contributed by atoms with Gasteiger partial charge in [0.25, 0.3) is 0 Å². The Morgan fingerprint density at radius 2 is 2.00 bits per heavy atom. The molecule has 0 aliphatic heterocycles. The zero-order chi connectivity index (χ0) is 14.4. The monoisotopic (exact) mass is 271 g/mol. The number of aliphatic hydroxyl groups is 1. The third-order valence-corrected chi connectivity index (χ3v) is 2.84. The van der Waals surface area contributed by atoms with E-state index in [0.29, 0.717) is 18.5 Å². The Labute approximate surface area is 111 Å². The first kappa shape index (κ1) is 15.6. The number of carbonyl (C=O) groups is 1. The summed E-state index contributed by atoms with van der Waals surface area (Å²) >= 11 is 0. The molecule has 5 heteroatoms. The molecule has 0 fully saturated rings. The molecule has 19 heavy (non-hydrogen) atoms. The van der Waals surface area contributed by atoms with Crippen LogP contribution < -0.4 is 0 Å². The number of nitrogens with zero attached hydrogens (tertiary/aromatic N) is 1. The lowest BCUT2D eigenvalue weighted by Crippen LogP contribution is -2.39. The Morgan fingerprint density at radius 1 is 1.32 bits per heavy atom. The minimum atomic E-state index is -0.947. The maximum Gasteiger partial charge on any atom is 0.227 e. The fraction of sp³-hybridized carbons (Fsp3) is 0.500. The van der Waals surface area contributed by atoms with Gasteiger partial charge >= 0.3 is 0 Å². The maximum atomic E-state index is 13.1. The molecule has 0 spiro atoms. The zero-order valence-electron chi connectivity index (χ0n) is 11.2. The fourth-order valence-corrected chi connectivity index (χ4v) is 1.84. The van der Waals surface area contributed by atoms with E-state index in [-0.39, 0.29) is 25.0 Å². The highest BCUT2D eigenvalue weighted by atomic mass is 19.2. The first-order valence-corrected chi connectivity index (χ1v) is 6.30. The fourth-order valence-electron chi connectivity index (χ4n) is 1.84. The van der Waals surface area contributed by atoms with Crippen LogP contribution in [-0.2, 0) is 11.2 Å². The van der Waals surface area contributed by atoms with Gasteiger partial charge in [-0.15, -0.1) is 0 Å². The molecular formula is C14H19F2NO2. The third-order valence-electron chi connectivity index (χ3n) is 2.84. The SMILES string of the molecule is CC(C)N(CCCO)C(=O)Cc1ccc(F)c(F)c1. The van der Waals surface area contributed by atoms with Crippen LogP contribution in [-0.4, -0.2) is 35.1 Å². The van der Waals surface area contributed by atoms with Gasteiger partial charge in [0.15, 0.2) is 11.6 Å². The topological polar surface area (TPSA) is 40.5 Å². The molecule has 0 saturated carbocycles. The smallest absolute Gasteiger partial charge is 0.227 e. The summed E-state index contributed by atoms with van der Waals surface area (Å²) in [5, 5.41) is 8.81. The van der Waals surface area contributed by atoms with Crippen LogP contribution in [0.15, 0.2) is 18.2 Å². The number of hydrogen-bond donors (Lipinski definition) is 1. The molecule has 0 aliphatic carbocycles. The molecule has 0 radical (unpaired) electrons. The van der Waals surface area contributed by atoms with Crippen LogP contribution >= 0.6 is 0 Å². The minimum Gasteiger partial charge on any atom is -0.396 e. The first-order chi connectivity index (χ1) is 8.95. The summed E-state index contributed by atoms with van der Waals surface area (Å²) in [5.41, 5.74) is 0.443.